The van der Waals surface area contributed by atoms with Gasteiger partial charge in [-0.2, -0.15) is 0 Å². The molecule has 0 amide bonds. The van der Waals surface area contributed by atoms with Crippen LogP contribution in [0.1, 0.15) is 0 Å². The van der Waals surface area contributed by atoms with Crippen LogP contribution in [0.15, 0.2) is 37.4 Å². The molecule has 2 aromatic heterocycles. The zero-order chi connectivity index (χ0) is 14.2. The summed E-state index contributed by atoms with van der Waals surface area (Å²) in [7, 11) is 3.88. The fourth-order valence-corrected chi connectivity index (χ4v) is 0.652. The Kier molecular flexibility index (Phi) is 20.7. The van der Waals surface area contributed by atoms with Crippen molar-refractivity contribution in [1.29, 1.82) is 10.5 Å². The van der Waals surface area contributed by atoms with Crippen LogP contribution in [0.3, 0.4) is 0 Å². The second kappa shape index (κ2) is 18.0. The predicted octanol–water partition coefficient (Wildman–Crippen LogP) is -1.51. The molecule has 9 heteroatoms. The topological polar surface area (TPSA) is 129 Å². The SMILES string of the molecule is Cn1ccnc1.Cn1ccnc1.N#C[O-].N#C[O-].[Zn+2]. The number of imidazole rings is 2. The standard InChI is InChI=1S/2C4H6N2.2CHNO.Zn/c2*1-6-3-2-5-4-6;2*2-1-3;/h2*2-4H,1H3;2*3H;/q;;;;+2/p-2. The van der Waals surface area contributed by atoms with Gasteiger partial charge in [-0.25, -0.2) is 20.5 Å². The molecule has 0 aromatic carbocycles. The summed E-state index contributed by atoms with van der Waals surface area (Å²) in [4.78, 5) is 7.57. The van der Waals surface area contributed by atoms with E-state index < -0.39 is 0 Å². The van der Waals surface area contributed by atoms with Gasteiger partial charge in [0.05, 0.1) is 12.7 Å². The van der Waals surface area contributed by atoms with Crippen LogP contribution in [0.4, 0.5) is 0 Å². The van der Waals surface area contributed by atoms with Gasteiger partial charge >= 0.3 is 19.5 Å². The Balaban J connectivity index is -0.000000188. The molecule has 96 valence electrons. The van der Waals surface area contributed by atoms with Crippen molar-refractivity contribution in [2.75, 3.05) is 0 Å². The molecular weight excluding hydrogens is 302 g/mol. The summed E-state index contributed by atoms with van der Waals surface area (Å²) in [6, 6.07) is 0. The fourth-order valence-electron chi connectivity index (χ4n) is 0.652. The largest absolute Gasteiger partial charge is 2.00 e. The number of aryl methyl sites for hydroxylation is 2. The van der Waals surface area contributed by atoms with Crippen LogP contribution >= 0.6 is 0 Å². The Hall–Kier alpha value is -2.38. The number of hydrogen-bond acceptors (Lipinski definition) is 6. The van der Waals surface area contributed by atoms with Crippen molar-refractivity contribution in [3.63, 3.8) is 0 Å². The van der Waals surface area contributed by atoms with E-state index >= 15 is 0 Å². The number of rotatable bonds is 0. The van der Waals surface area contributed by atoms with Crippen molar-refractivity contribution in [1.82, 2.24) is 19.1 Å². The van der Waals surface area contributed by atoms with Crippen molar-refractivity contribution in [3.8, 4) is 12.5 Å². The molecule has 0 aliphatic heterocycles. The minimum atomic E-state index is 0. The molecule has 0 saturated heterocycles. The molecule has 0 atom stereocenters. The Morgan fingerprint density at radius 2 is 1.16 bits per heavy atom. The van der Waals surface area contributed by atoms with E-state index in [1.54, 1.807) is 25.0 Å². The van der Waals surface area contributed by atoms with E-state index in [0.29, 0.717) is 12.5 Å². The third-order valence-electron chi connectivity index (χ3n) is 1.27. The number of nitrogens with zero attached hydrogens (tertiary/aromatic N) is 6. The third kappa shape index (κ3) is 21.5. The molecule has 0 spiro atoms. The van der Waals surface area contributed by atoms with Crippen molar-refractivity contribution in [2.45, 2.75) is 0 Å². The summed E-state index contributed by atoms with van der Waals surface area (Å²) < 4.78 is 3.78. The van der Waals surface area contributed by atoms with Crippen LogP contribution in [-0.4, -0.2) is 19.1 Å². The van der Waals surface area contributed by atoms with Gasteiger partial charge in [-0.05, 0) is 0 Å². The molecule has 2 aromatic rings. The van der Waals surface area contributed by atoms with Gasteiger partial charge in [0.25, 0.3) is 0 Å². The first-order valence-electron chi connectivity index (χ1n) is 4.48. The molecule has 0 N–H and O–H groups in total. The van der Waals surface area contributed by atoms with Gasteiger partial charge in [0.1, 0.15) is 0 Å². The first kappa shape index (κ1) is 21.9. The maximum atomic E-state index is 8.24. The van der Waals surface area contributed by atoms with E-state index in [1.807, 2.05) is 35.6 Å². The minimum Gasteiger partial charge on any atom is -0.812 e. The molecule has 0 bridgehead atoms. The van der Waals surface area contributed by atoms with Crippen LogP contribution < -0.4 is 10.2 Å². The van der Waals surface area contributed by atoms with E-state index in [-0.39, 0.29) is 19.5 Å². The second-order valence-electron chi connectivity index (χ2n) is 2.64. The van der Waals surface area contributed by atoms with E-state index in [4.69, 9.17) is 20.7 Å². The van der Waals surface area contributed by atoms with Crippen LogP contribution in [-0.2, 0) is 33.6 Å². The van der Waals surface area contributed by atoms with Crippen LogP contribution in [0, 0.1) is 23.0 Å². The smallest absolute Gasteiger partial charge is 0.812 e. The molecule has 0 unspecified atom stereocenters. The average molecular weight is 314 g/mol. The van der Waals surface area contributed by atoms with Crippen molar-refractivity contribution in [2.24, 2.45) is 14.1 Å². The third-order valence-corrected chi connectivity index (χ3v) is 1.27. The van der Waals surface area contributed by atoms with Gasteiger partial charge in [-0.15, -0.1) is 0 Å². The molecule has 8 nitrogen and oxygen atoms in total. The van der Waals surface area contributed by atoms with Crippen LogP contribution in [0.5, 0.6) is 0 Å². The van der Waals surface area contributed by atoms with Gasteiger partial charge in [0.15, 0.2) is 0 Å². The number of nitriles is 2. The molecule has 0 fully saturated rings. The predicted molar refractivity (Wildman–Crippen MR) is 57.6 cm³/mol. The van der Waals surface area contributed by atoms with Gasteiger partial charge in [0, 0.05) is 51.4 Å². The van der Waals surface area contributed by atoms with Gasteiger partial charge < -0.3 is 19.3 Å². The first-order valence-corrected chi connectivity index (χ1v) is 4.48. The molecule has 19 heavy (non-hydrogen) atoms. The average Bonchev–Trinajstić information content (AvgIpc) is 2.95. The van der Waals surface area contributed by atoms with Crippen LogP contribution in [0.25, 0.3) is 0 Å². The summed E-state index contributed by atoms with van der Waals surface area (Å²) in [5, 5.41) is 30.0. The van der Waals surface area contributed by atoms with Crippen molar-refractivity contribution >= 4 is 0 Å². The summed E-state index contributed by atoms with van der Waals surface area (Å²) >= 11 is 0. The first-order chi connectivity index (χ1) is 8.62. The summed E-state index contributed by atoms with van der Waals surface area (Å²) in [6.07, 6.45) is 11.8. The second-order valence-corrected chi connectivity index (χ2v) is 2.64. The van der Waals surface area contributed by atoms with Gasteiger partial charge in [-0.1, -0.05) is 0 Å². The quantitative estimate of drug-likeness (QED) is 0.429. The Bertz CT molecular complexity index is 399. The van der Waals surface area contributed by atoms with Gasteiger partial charge in [-0.3, -0.25) is 0 Å². The molecular formula is C10H12N6O2Zn. The summed E-state index contributed by atoms with van der Waals surface area (Å²) in [5.74, 6) is 0. The van der Waals surface area contributed by atoms with E-state index in [9.17, 15) is 0 Å². The van der Waals surface area contributed by atoms with Gasteiger partial charge in [0.2, 0.25) is 0 Å². The Morgan fingerprint density at radius 1 is 0.895 bits per heavy atom. The Labute approximate surface area is 124 Å². The van der Waals surface area contributed by atoms with Crippen molar-refractivity contribution < 1.29 is 29.7 Å². The van der Waals surface area contributed by atoms with Crippen molar-refractivity contribution in [3.05, 3.63) is 37.4 Å². The molecule has 0 aliphatic rings. The van der Waals surface area contributed by atoms with E-state index in [1.165, 1.54) is 0 Å². The summed E-state index contributed by atoms with van der Waals surface area (Å²) in [6.45, 7) is 0. The molecule has 2 heterocycles. The Morgan fingerprint density at radius 3 is 1.21 bits per heavy atom. The minimum absolute atomic E-state index is 0. The molecule has 2 rings (SSSR count). The zero-order valence-corrected chi connectivity index (χ0v) is 13.6. The fraction of sp³-hybridized carbons (Fsp3) is 0.200. The van der Waals surface area contributed by atoms with E-state index in [0.717, 1.165) is 0 Å². The maximum Gasteiger partial charge on any atom is 2.00 e. The van der Waals surface area contributed by atoms with Crippen LogP contribution in [0.2, 0.25) is 0 Å². The normalized spacial score (nSPS) is 6.32. The molecule has 0 aliphatic carbocycles. The number of aromatic nitrogens is 4. The number of hydrogen-bond donors (Lipinski definition) is 0. The zero-order valence-electron chi connectivity index (χ0n) is 10.7. The maximum absolute atomic E-state index is 8.24. The molecule has 0 radical (unpaired) electrons. The molecule has 0 saturated carbocycles. The summed E-state index contributed by atoms with van der Waals surface area (Å²) in [5.41, 5.74) is 0. The van der Waals surface area contributed by atoms with E-state index in [2.05, 4.69) is 9.97 Å². The monoisotopic (exact) mass is 312 g/mol.